The van der Waals surface area contributed by atoms with Crippen LogP contribution in [-0.4, -0.2) is 18.0 Å². The summed E-state index contributed by atoms with van der Waals surface area (Å²) in [5.74, 6) is 2.23. The first-order chi connectivity index (χ1) is 9.46. The van der Waals surface area contributed by atoms with Crippen LogP contribution in [0.3, 0.4) is 0 Å². The first kappa shape index (κ1) is 16.9. The number of terminal acetylenes is 1. The van der Waals surface area contributed by atoms with E-state index in [-0.39, 0.29) is 11.7 Å². The minimum absolute atomic E-state index is 0.0553. The Bertz CT molecular complexity index is 423. The van der Waals surface area contributed by atoms with Crippen LogP contribution in [0.2, 0.25) is 0 Å². The summed E-state index contributed by atoms with van der Waals surface area (Å²) in [6.07, 6.45) is 3.17. The Morgan fingerprint density at radius 2 is 2.30 bits per heavy atom. The van der Waals surface area contributed by atoms with E-state index in [1.807, 2.05) is 12.1 Å². The maximum atomic E-state index is 11.9. The van der Waals surface area contributed by atoms with Gasteiger partial charge in [-0.25, -0.2) is 4.89 Å². The standard InChI is InChI=1S/C13H14F3NO2S/c1-2-10-3-5-11(6-4-10)12(9-17)18-19-20-8-7-13(14,15)16/h1,3,11-12H,4-8H2. The first-order valence-corrected chi connectivity index (χ1v) is 6.94. The van der Waals surface area contributed by atoms with Crippen LogP contribution < -0.4 is 0 Å². The Morgan fingerprint density at radius 3 is 2.80 bits per heavy atom. The molecule has 2 unspecified atom stereocenters. The molecule has 0 saturated carbocycles. The first-order valence-electron chi connectivity index (χ1n) is 6.03. The molecule has 7 heteroatoms. The van der Waals surface area contributed by atoms with Gasteiger partial charge in [-0.2, -0.15) is 22.8 Å². The van der Waals surface area contributed by atoms with E-state index in [9.17, 15) is 13.2 Å². The minimum atomic E-state index is -4.22. The van der Waals surface area contributed by atoms with E-state index in [0.717, 1.165) is 5.57 Å². The average Bonchev–Trinajstić information content (AvgIpc) is 2.42. The van der Waals surface area contributed by atoms with Crippen molar-refractivity contribution in [2.75, 3.05) is 5.75 Å². The molecule has 0 radical (unpaired) electrons. The van der Waals surface area contributed by atoms with Gasteiger partial charge in [-0.3, -0.25) is 0 Å². The lowest BCUT2D eigenvalue weighted by molar-refractivity contribution is -0.228. The van der Waals surface area contributed by atoms with Gasteiger partial charge in [0, 0.05) is 23.7 Å². The van der Waals surface area contributed by atoms with E-state index in [1.54, 1.807) is 0 Å². The molecule has 0 aliphatic heterocycles. The molecule has 0 saturated heterocycles. The molecule has 1 aliphatic carbocycles. The summed E-state index contributed by atoms with van der Waals surface area (Å²) in [7, 11) is 0. The van der Waals surface area contributed by atoms with E-state index in [4.69, 9.17) is 16.6 Å². The van der Waals surface area contributed by atoms with Gasteiger partial charge >= 0.3 is 6.18 Å². The molecule has 0 aromatic carbocycles. The topological polar surface area (TPSA) is 42.2 Å². The molecule has 110 valence electrons. The lowest BCUT2D eigenvalue weighted by Gasteiger charge is -2.22. The lowest BCUT2D eigenvalue weighted by atomic mass is 9.86. The maximum Gasteiger partial charge on any atom is 0.389 e. The van der Waals surface area contributed by atoms with Crippen molar-refractivity contribution in [1.29, 1.82) is 5.26 Å². The van der Waals surface area contributed by atoms with Crippen molar-refractivity contribution in [3.05, 3.63) is 11.6 Å². The maximum absolute atomic E-state index is 11.9. The second kappa shape index (κ2) is 8.21. The fourth-order valence-corrected chi connectivity index (χ4v) is 2.25. The highest BCUT2D eigenvalue weighted by atomic mass is 32.2. The molecular weight excluding hydrogens is 291 g/mol. The predicted octanol–water partition coefficient (Wildman–Crippen LogP) is 3.79. The van der Waals surface area contributed by atoms with Gasteiger partial charge in [-0.15, -0.1) is 6.42 Å². The van der Waals surface area contributed by atoms with Gasteiger partial charge in [0.1, 0.15) is 0 Å². The van der Waals surface area contributed by atoms with Gasteiger partial charge in [0.15, 0.2) is 6.10 Å². The third kappa shape index (κ3) is 6.33. The summed E-state index contributed by atoms with van der Waals surface area (Å²) in [6, 6.07) is 1.95. The van der Waals surface area contributed by atoms with Crippen LogP contribution in [0, 0.1) is 29.6 Å². The molecule has 1 aliphatic rings. The summed E-state index contributed by atoms with van der Waals surface area (Å²) < 4.78 is 40.3. The van der Waals surface area contributed by atoms with Gasteiger partial charge in [-0.1, -0.05) is 12.0 Å². The van der Waals surface area contributed by atoms with Crippen LogP contribution in [0.25, 0.3) is 0 Å². The van der Waals surface area contributed by atoms with Crippen molar-refractivity contribution >= 4 is 12.0 Å². The molecule has 3 nitrogen and oxygen atoms in total. The molecule has 0 bridgehead atoms. The molecule has 2 atom stereocenters. The molecule has 0 N–H and O–H groups in total. The average molecular weight is 305 g/mol. The summed E-state index contributed by atoms with van der Waals surface area (Å²) in [5, 5.41) is 8.98. The third-order valence-electron chi connectivity index (χ3n) is 2.85. The summed E-state index contributed by atoms with van der Waals surface area (Å²) in [5.41, 5.74) is 0.901. The number of nitrogens with zero attached hydrogens (tertiary/aromatic N) is 1. The zero-order valence-electron chi connectivity index (χ0n) is 10.7. The van der Waals surface area contributed by atoms with Gasteiger partial charge in [0.25, 0.3) is 0 Å². The molecule has 0 amide bonds. The lowest BCUT2D eigenvalue weighted by Crippen LogP contribution is -2.23. The third-order valence-corrected chi connectivity index (χ3v) is 3.40. The van der Waals surface area contributed by atoms with Gasteiger partial charge in [0.2, 0.25) is 0 Å². The van der Waals surface area contributed by atoms with E-state index in [1.165, 1.54) is 0 Å². The summed E-state index contributed by atoms with van der Waals surface area (Å²) >= 11 is 0.552. The van der Waals surface area contributed by atoms with Crippen LogP contribution in [0.15, 0.2) is 11.6 Å². The molecule has 0 aromatic heterocycles. The summed E-state index contributed by atoms with van der Waals surface area (Å²) in [6.45, 7) is 0. The molecule has 0 heterocycles. The molecule has 0 fully saturated rings. The molecule has 1 rings (SSSR count). The predicted molar refractivity (Wildman–Crippen MR) is 69.0 cm³/mol. The van der Waals surface area contributed by atoms with Crippen molar-refractivity contribution in [3.63, 3.8) is 0 Å². The fourth-order valence-electron chi connectivity index (χ4n) is 1.73. The second-order valence-corrected chi connectivity index (χ2v) is 5.09. The summed E-state index contributed by atoms with van der Waals surface area (Å²) in [4.78, 5) is 4.87. The van der Waals surface area contributed by atoms with E-state index >= 15 is 0 Å². The van der Waals surface area contributed by atoms with E-state index in [0.29, 0.717) is 31.3 Å². The number of nitriles is 1. The molecule has 0 aromatic rings. The van der Waals surface area contributed by atoms with Crippen molar-refractivity contribution in [3.8, 4) is 18.4 Å². The number of rotatable bonds is 6. The Kier molecular flexibility index (Phi) is 6.94. The smallest absolute Gasteiger partial charge is 0.205 e. The largest absolute Gasteiger partial charge is 0.389 e. The normalized spacial score (nSPS) is 20.6. The number of allylic oxidation sites excluding steroid dienone is 2. The van der Waals surface area contributed by atoms with Crippen LogP contribution >= 0.6 is 12.0 Å². The van der Waals surface area contributed by atoms with Crippen molar-refractivity contribution < 1.29 is 22.4 Å². The number of hydrogen-bond donors (Lipinski definition) is 0. The van der Waals surface area contributed by atoms with Gasteiger partial charge < -0.3 is 0 Å². The van der Waals surface area contributed by atoms with E-state index < -0.39 is 18.7 Å². The highest BCUT2D eigenvalue weighted by Crippen LogP contribution is 2.28. The van der Waals surface area contributed by atoms with E-state index in [2.05, 4.69) is 10.3 Å². The SMILES string of the molecule is C#CC1=CCC(C(C#N)OOSCCC(F)(F)F)CC1. The van der Waals surface area contributed by atoms with Crippen LogP contribution in [0.5, 0.6) is 0 Å². The Labute approximate surface area is 120 Å². The minimum Gasteiger partial charge on any atom is -0.205 e. The molecule has 0 spiro atoms. The zero-order valence-corrected chi connectivity index (χ0v) is 11.5. The van der Waals surface area contributed by atoms with Crippen molar-refractivity contribution in [1.82, 2.24) is 0 Å². The number of hydrogen-bond acceptors (Lipinski definition) is 4. The monoisotopic (exact) mass is 305 g/mol. The number of alkyl halides is 3. The quantitative estimate of drug-likeness (QED) is 0.246. The van der Waals surface area contributed by atoms with Crippen molar-refractivity contribution in [2.24, 2.45) is 5.92 Å². The van der Waals surface area contributed by atoms with Crippen LogP contribution in [0.4, 0.5) is 13.2 Å². The highest BCUT2D eigenvalue weighted by molar-refractivity contribution is 7.94. The Morgan fingerprint density at radius 1 is 1.55 bits per heavy atom. The zero-order chi connectivity index (χ0) is 15.0. The Hall–Kier alpha value is -1.15. The van der Waals surface area contributed by atoms with Crippen LogP contribution in [-0.2, 0) is 9.22 Å². The number of halogens is 3. The fraction of sp³-hybridized carbons (Fsp3) is 0.615. The van der Waals surface area contributed by atoms with Crippen molar-refractivity contribution in [2.45, 2.75) is 38.0 Å². The molecule has 20 heavy (non-hydrogen) atoms. The molecular formula is C13H14F3NO2S. The van der Waals surface area contributed by atoms with Gasteiger partial charge in [0.05, 0.1) is 12.5 Å². The Balaban J connectivity index is 2.26. The van der Waals surface area contributed by atoms with Gasteiger partial charge in [-0.05, 0) is 24.8 Å². The second-order valence-electron chi connectivity index (χ2n) is 4.31. The van der Waals surface area contributed by atoms with Crippen LogP contribution in [0.1, 0.15) is 25.7 Å². The highest BCUT2D eigenvalue weighted by Gasteiger charge is 2.28.